The number of rotatable bonds is 5. The van der Waals surface area contributed by atoms with Crippen molar-refractivity contribution in [3.8, 4) is 0 Å². The van der Waals surface area contributed by atoms with Crippen LogP contribution in [0.15, 0.2) is 71.1 Å². The number of hydrogen-bond acceptors (Lipinski definition) is 5. The van der Waals surface area contributed by atoms with Crippen LogP contribution in [0.3, 0.4) is 0 Å². The molecule has 0 fully saturated rings. The van der Waals surface area contributed by atoms with Crippen LogP contribution in [0.2, 0.25) is 0 Å². The van der Waals surface area contributed by atoms with Crippen molar-refractivity contribution < 1.29 is 9.59 Å². The van der Waals surface area contributed by atoms with Crippen molar-refractivity contribution in [3.63, 3.8) is 0 Å². The Hall–Kier alpha value is -3.32. The van der Waals surface area contributed by atoms with Crippen LogP contribution in [0.4, 0.5) is 5.69 Å². The number of amides is 1. The van der Waals surface area contributed by atoms with Crippen molar-refractivity contribution in [2.24, 2.45) is 5.10 Å². The van der Waals surface area contributed by atoms with Gasteiger partial charge < -0.3 is 4.57 Å². The lowest BCUT2D eigenvalue weighted by Gasteiger charge is -2.16. The van der Waals surface area contributed by atoms with Crippen LogP contribution in [0.5, 0.6) is 0 Å². The number of hydrogen-bond donors (Lipinski definition) is 1. The number of thiazole rings is 1. The van der Waals surface area contributed by atoms with E-state index >= 15 is 0 Å². The lowest BCUT2D eigenvalue weighted by atomic mass is 10.0. The Kier molecular flexibility index (Phi) is 4.75. The van der Waals surface area contributed by atoms with Crippen LogP contribution in [0, 0.1) is 5.41 Å². The number of para-hydroxylation sites is 1. The molecule has 2 heterocycles. The zero-order valence-electron chi connectivity index (χ0n) is 15.2. The minimum atomic E-state index is -0.598. The van der Waals surface area contributed by atoms with Gasteiger partial charge in [-0.1, -0.05) is 48.5 Å². The molecule has 3 aromatic rings. The molecule has 28 heavy (non-hydrogen) atoms. The molecule has 0 saturated heterocycles. The number of hydrazone groups is 1. The highest BCUT2D eigenvalue weighted by Crippen LogP contribution is 2.30. The third-order valence-electron chi connectivity index (χ3n) is 4.67. The number of nitrogens with one attached hydrogen (secondary N) is 1. The normalized spacial score (nSPS) is 16.3. The van der Waals surface area contributed by atoms with Crippen LogP contribution in [-0.2, 0) is 11.3 Å². The molecule has 1 aliphatic heterocycles. The average molecular weight is 390 g/mol. The van der Waals surface area contributed by atoms with Crippen molar-refractivity contribution in [3.05, 3.63) is 82.1 Å². The standard InChI is InChI=1S/C21H18N4O2S/c1-14-19(20(27)25(23-14)16-10-6-3-7-11-16)17-13-28-21(22)24(17)12-18(26)15-8-4-2-5-9-15/h2-11,13,19,22H,12H2,1H3. The lowest BCUT2D eigenvalue weighted by Crippen LogP contribution is -2.30. The number of aromatic nitrogens is 1. The average Bonchev–Trinajstić information content (AvgIpc) is 3.22. The van der Waals surface area contributed by atoms with Gasteiger partial charge in [-0.3, -0.25) is 15.0 Å². The predicted octanol–water partition coefficient (Wildman–Crippen LogP) is 3.42. The van der Waals surface area contributed by atoms with Gasteiger partial charge in [0.25, 0.3) is 5.91 Å². The van der Waals surface area contributed by atoms with E-state index in [2.05, 4.69) is 5.10 Å². The van der Waals surface area contributed by atoms with Gasteiger partial charge in [0, 0.05) is 16.6 Å². The Morgan fingerprint density at radius 3 is 2.43 bits per heavy atom. The van der Waals surface area contributed by atoms with Gasteiger partial charge in [-0.25, -0.2) is 0 Å². The summed E-state index contributed by atoms with van der Waals surface area (Å²) in [5, 5.41) is 15.8. The zero-order valence-corrected chi connectivity index (χ0v) is 16.0. The maximum Gasteiger partial charge on any atom is 0.262 e. The molecule has 7 heteroatoms. The number of ketones is 1. The fourth-order valence-electron chi connectivity index (χ4n) is 3.27. The Bertz CT molecular complexity index is 1120. The predicted molar refractivity (Wildman–Crippen MR) is 109 cm³/mol. The molecular formula is C21H18N4O2S. The molecule has 4 rings (SSSR count). The molecule has 0 bridgehead atoms. The summed E-state index contributed by atoms with van der Waals surface area (Å²) in [5.74, 6) is -0.875. The summed E-state index contributed by atoms with van der Waals surface area (Å²) < 4.78 is 1.61. The van der Waals surface area contributed by atoms with Gasteiger partial charge in [0.15, 0.2) is 10.6 Å². The van der Waals surface area contributed by atoms with E-state index in [1.165, 1.54) is 16.3 Å². The van der Waals surface area contributed by atoms with E-state index < -0.39 is 5.92 Å². The van der Waals surface area contributed by atoms with Crippen LogP contribution < -0.4 is 9.81 Å². The van der Waals surface area contributed by atoms with E-state index in [-0.39, 0.29) is 23.0 Å². The summed E-state index contributed by atoms with van der Waals surface area (Å²) in [4.78, 5) is 26.0. The molecule has 1 N–H and O–H groups in total. The van der Waals surface area contributed by atoms with E-state index in [1.54, 1.807) is 29.0 Å². The second kappa shape index (κ2) is 7.36. The second-order valence-corrected chi connectivity index (χ2v) is 7.36. The molecular weight excluding hydrogens is 372 g/mol. The number of carbonyl (C=O) groups is 2. The third-order valence-corrected chi connectivity index (χ3v) is 5.48. The molecule has 0 radical (unpaired) electrons. The maximum absolute atomic E-state index is 13.1. The number of anilines is 1. The Morgan fingerprint density at radius 2 is 1.75 bits per heavy atom. The molecule has 0 aliphatic carbocycles. The Labute approximate surface area is 165 Å². The topological polar surface area (TPSA) is 78.5 Å². The first-order valence-corrected chi connectivity index (χ1v) is 9.69. The van der Waals surface area contributed by atoms with Crippen molar-refractivity contribution in [1.29, 1.82) is 5.41 Å². The number of carbonyl (C=O) groups excluding carboxylic acids is 2. The fourth-order valence-corrected chi connectivity index (χ4v) is 4.06. The molecule has 0 spiro atoms. The third kappa shape index (κ3) is 3.20. The number of benzene rings is 2. The van der Waals surface area contributed by atoms with Gasteiger partial charge in [-0.2, -0.15) is 10.1 Å². The molecule has 1 aromatic heterocycles. The van der Waals surface area contributed by atoms with Crippen LogP contribution in [0.25, 0.3) is 0 Å². The molecule has 1 atom stereocenters. The first-order chi connectivity index (χ1) is 13.6. The van der Waals surface area contributed by atoms with Gasteiger partial charge in [0.2, 0.25) is 0 Å². The lowest BCUT2D eigenvalue weighted by molar-refractivity contribution is -0.118. The maximum atomic E-state index is 13.1. The van der Waals surface area contributed by atoms with Crippen molar-refractivity contribution in [2.45, 2.75) is 19.4 Å². The highest BCUT2D eigenvalue weighted by atomic mass is 32.1. The highest BCUT2D eigenvalue weighted by Gasteiger charge is 2.37. The van der Waals surface area contributed by atoms with Crippen molar-refractivity contribution >= 4 is 34.4 Å². The number of Topliss-reactive ketones (excluding diaryl/α,β-unsaturated/α-hetero) is 1. The van der Waals surface area contributed by atoms with Gasteiger partial charge in [0.05, 0.1) is 17.9 Å². The Morgan fingerprint density at radius 1 is 1.11 bits per heavy atom. The van der Waals surface area contributed by atoms with Gasteiger partial charge in [-0.15, -0.1) is 11.3 Å². The molecule has 1 unspecified atom stereocenters. The van der Waals surface area contributed by atoms with Gasteiger partial charge in [0.1, 0.15) is 5.92 Å². The first-order valence-electron chi connectivity index (χ1n) is 8.81. The quantitative estimate of drug-likeness (QED) is 0.678. The SMILES string of the molecule is CC1=NN(c2ccccc2)C(=O)C1c1csc(=N)n1CC(=O)c1ccccc1. The first kappa shape index (κ1) is 18.1. The van der Waals surface area contributed by atoms with Crippen LogP contribution >= 0.6 is 11.3 Å². The summed E-state index contributed by atoms with van der Waals surface area (Å²) in [6.07, 6.45) is 0. The monoisotopic (exact) mass is 390 g/mol. The number of nitrogens with zero attached hydrogens (tertiary/aromatic N) is 3. The van der Waals surface area contributed by atoms with Crippen molar-refractivity contribution in [1.82, 2.24) is 4.57 Å². The van der Waals surface area contributed by atoms with E-state index in [4.69, 9.17) is 5.41 Å². The molecule has 1 amide bonds. The van der Waals surface area contributed by atoms with Crippen LogP contribution in [-0.4, -0.2) is 22.0 Å². The van der Waals surface area contributed by atoms with Crippen LogP contribution in [0.1, 0.15) is 28.9 Å². The largest absolute Gasteiger partial charge is 0.312 e. The van der Waals surface area contributed by atoms with E-state index in [9.17, 15) is 9.59 Å². The summed E-state index contributed by atoms with van der Waals surface area (Å²) in [5.41, 5.74) is 2.56. The zero-order chi connectivity index (χ0) is 19.7. The second-order valence-electron chi connectivity index (χ2n) is 6.50. The minimum absolute atomic E-state index is 0.0179. The highest BCUT2D eigenvalue weighted by molar-refractivity contribution is 7.07. The minimum Gasteiger partial charge on any atom is -0.312 e. The Balaban J connectivity index is 1.66. The molecule has 2 aromatic carbocycles. The summed E-state index contributed by atoms with van der Waals surface area (Å²) in [6, 6.07) is 18.2. The summed E-state index contributed by atoms with van der Waals surface area (Å²) in [7, 11) is 0. The van der Waals surface area contributed by atoms with Gasteiger partial charge >= 0.3 is 0 Å². The molecule has 0 saturated carbocycles. The van der Waals surface area contributed by atoms with Gasteiger partial charge in [-0.05, 0) is 19.1 Å². The smallest absolute Gasteiger partial charge is 0.262 e. The molecule has 1 aliphatic rings. The summed E-state index contributed by atoms with van der Waals surface area (Å²) in [6.45, 7) is 1.82. The van der Waals surface area contributed by atoms with E-state index in [0.29, 0.717) is 22.7 Å². The van der Waals surface area contributed by atoms with Crippen molar-refractivity contribution in [2.75, 3.05) is 5.01 Å². The summed E-state index contributed by atoms with van der Waals surface area (Å²) >= 11 is 1.21. The van der Waals surface area contributed by atoms with E-state index in [1.807, 2.05) is 48.5 Å². The molecule has 140 valence electrons. The van der Waals surface area contributed by atoms with E-state index in [0.717, 1.165) is 0 Å². The molecule has 6 nitrogen and oxygen atoms in total. The fraction of sp³-hybridized carbons (Fsp3) is 0.143.